The summed E-state index contributed by atoms with van der Waals surface area (Å²) in [7, 11) is 0. The smallest absolute Gasteiger partial charge is 0.320 e. The van der Waals surface area contributed by atoms with Gasteiger partial charge in [0.2, 0.25) is 0 Å². The Balaban J connectivity index is 1.67. The SMILES string of the molecule is Nc1ncnc2c1ncn2[C@@H]1O[C@H](CN(CCI)CCC[C@H](N)C(=O)O)[C@@H](O)[C@H]1O. The second kappa shape index (κ2) is 10.1. The van der Waals surface area contributed by atoms with Gasteiger partial charge in [-0.05, 0) is 19.4 Å². The van der Waals surface area contributed by atoms with E-state index in [1.54, 1.807) is 0 Å². The first-order chi connectivity index (χ1) is 14.3. The van der Waals surface area contributed by atoms with Gasteiger partial charge in [0.05, 0.1) is 6.33 Å². The number of imidazole rings is 1. The van der Waals surface area contributed by atoms with E-state index < -0.39 is 36.6 Å². The zero-order chi connectivity index (χ0) is 21.8. The van der Waals surface area contributed by atoms with Crippen LogP contribution in [0, 0.1) is 0 Å². The minimum Gasteiger partial charge on any atom is -0.480 e. The number of carbonyl (C=O) groups is 1. The Morgan fingerprint density at radius 1 is 1.30 bits per heavy atom. The first-order valence-corrected chi connectivity index (χ1v) is 11.1. The van der Waals surface area contributed by atoms with E-state index in [1.165, 1.54) is 17.2 Å². The van der Waals surface area contributed by atoms with E-state index in [9.17, 15) is 15.0 Å². The standard InChI is InChI=1S/C17H26IN7O5/c18-3-5-24(4-1-2-9(19)17(28)29)6-10-12(26)13(27)16(30-10)25-8-23-11-14(20)21-7-22-15(11)25/h7-10,12-13,16,26-27H,1-6,19H2,(H,28,29)(H2,20,21,22)/t9-,10+,12+,13+,16+/m0/s1. The van der Waals surface area contributed by atoms with Gasteiger partial charge in [-0.3, -0.25) is 14.3 Å². The van der Waals surface area contributed by atoms with Crippen LogP contribution >= 0.6 is 22.6 Å². The Morgan fingerprint density at radius 2 is 2.07 bits per heavy atom. The summed E-state index contributed by atoms with van der Waals surface area (Å²) in [6.07, 6.45) is -0.0848. The molecule has 12 nitrogen and oxygen atoms in total. The van der Waals surface area contributed by atoms with Crippen molar-refractivity contribution in [1.29, 1.82) is 0 Å². The van der Waals surface area contributed by atoms with Gasteiger partial charge in [0.25, 0.3) is 0 Å². The summed E-state index contributed by atoms with van der Waals surface area (Å²) in [5, 5.41) is 30.1. The van der Waals surface area contributed by atoms with Gasteiger partial charge >= 0.3 is 5.97 Å². The lowest BCUT2D eigenvalue weighted by atomic mass is 10.1. The number of nitrogens with two attached hydrogens (primary N) is 2. The van der Waals surface area contributed by atoms with Crippen molar-refractivity contribution in [3.8, 4) is 0 Å². The van der Waals surface area contributed by atoms with Crippen molar-refractivity contribution in [2.24, 2.45) is 5.73 Å². The molecule has 3 rings (SSSR count). The van der Waals surface area contributed by atoms with E-state index in [1.807, 2.05) is 0 Å². The number of aliphatic hydroxyl groups excluding tert-OH is 2. The molecule has 3 heterocycles. The number of halogens is 1. The molecule has 13 heteroatoms. The van der Waals surface area contributed by atoms with Crippen molar-refractivity contribution in [2.45, 2.75) is 43.4 Å². The molecule has 5 atom stereocenters. The van der Waals surface area contributed by atoms with Crippen LogP contribution in [0.2, 0.25) is 0 Å². The molecule has 7 N–H and O–H groups in total. The summed E-state index contributed by atoms with van der Waals surface area (Å²) in [5.41, 5.74) is 12.2. The van der Waals surface area contributed by atoms with Crippen molar-refractivity contribution in [2.75, 3.05) is 29.8 Å². The molecule has 30 heavy (non-hydrogen) atoms. The zero-order valence-corrected chi connectivity index (χ0v) is 18.4. The third kappa shape index (κ3) is 4.97. The number of aliphatic hydroxyl groups is 2. The van der Waals surface area contributed by atoms with Gasteiger partial charge in [-0.2, -0.15) is 0 Å². The molecular formula is C17H26IN7O5. The van der Waals surface area contributed by atoms with Crippen LogP contribution in [0.15, 0.2) is 12.7 Å². The average Bonchev–Trinajstić information content (AvgIpc) is 3.25. The molecule has 0 radical (unpaired) electrons. The largest absolute Gasteiger partial charge is 0.480 e. The monoisotopic (exact) mass is 535 g/mol. The molecule has 2 aromatic rings. The number of carboxylic acid groups (broad SMARTS) is 1. The minimum atomic E-state index is -1.18. The maximum atomic E-state index is 10.9. The maximum Gasteiger partial charge on any atom is 0.320 e. The summed E-state index contributed by atoms with van der Waals surface area (Å²) >= 11 is 2.25. The normalized spacial score (nSPS) is 25.2. The predicted molar refractivity (Wildman–Crippen MR) is 116 cm³/mol. The molecule has 0 bridgehead atoms. The first-order valence-electron chi connectivity index (χ1n) is 9.54. The van der Waals surface area contributed by atoms with Gasteiger partial charge in [0.15, 0.2) is 17.7 Å². The molecule has 1 aliphatic heterocycles. The van der Waals surface area contributed by atoms with Crippen LogP contribution in [-0.4, -0.2) is 94.1 Å². The molecule has 0 amide bonds. The van der Waals surface area contributed by atoms with Gasteiger partial charge in [-0.1, -0.05) is 22.6 Å². The molecule has 166 valence electrons. The molecule has 0 spiro atoms. The molecule has 1 aliphatic rings. The fourth-order valence-corrected chi connectivity index (χ4v) is 4.18. The lowest BCUT2D eigenvalue weighted by molar-refractivity contribution is -0.138. The summed E-state index contributed by atoms with van der Waals surface area (Å²) in [4.78, 5) is 25.2. The number of nitrogen functional groups attached to an aromatic ring is 1. The Kier molecular flexibility index (Phi) is 7.75. The fraction of sp³-hybridized carbons (Fsp3) is 0.647. The van der Waals surface area contributed by atoms with Crippen LogP contribution in [0.3, 0.4) is 0 Å². The number of ether oxygens (including phenoxy) is 1. The summed E-state index contributed by atoms with van der Waals surface area (Å²) in [5.74, 6) is -0.802. The highest BCUT2D eigenvalue weighted by Crippen LogP contribution is 2.32. The van der Waals surface area contributed by atoms with Gasteiger partial charge < -0.3 is 31.5 Å². The first kappa shape index (κ1) is 23.0. The number of fused-ring (bicyclic) bond motifs is 1. The lowest BCUT2D eigenvalue weighted by Crippen LogP contribution is -2.41. The van der Waals surface area contributed by atoms with Crippen molar-refractivity contribution in [1.82, 2.24) is 24.4 Å². The number of alkyl halides is 1. The van der Waals surface area contributed by atoms with Crippen LogP contribution in [0.25, 0.3) is 11.2 Å². The number of aliphatic carboxylic acids is 1. The van der Waals surface area contributed by atoms with Gasteiger partial charge in [-0.25, -0.2) is 15.0 Å². The number of hydrogen-bond donors (Lipinski definition) is 5. The summed E-state index contributed by atoms with van der Waals surface area (Å²) in [6, 6.07) is -0.894. The van der Waals surface area contributed by atoms with Crippen LogP contribution in [0.1, 0.15) is 19.1 Å². The zero-order valence-electron chi connectivity index (χ0n) is 16.2. The Morgan fingerprint density at radius 3 is 2.77 bits per heavy atom. The topological polar surface area (TPSA) is 186 Å². The van der Waals surface area contributed by atoms with E-state index in [-0.39, 0.29) is 5.82 Å². The van der Waals surface area contributed by atoms with E-state index >= 15 is 0 Å². The van der Waals surface area contributed by atoms with Crippen LogP contribution in [0.4, 0.5) is 5.82 Å². The van der Waals surface area contributed by atoms with E-state index in [2.05, 4.69) is 42.4 Å². The average molecular weight is 535 g/mol. The molecule has 0 unspecified atom stereocenters. The molecule has 1 saturated heterocycles. The van der Waals surface area contributed by atoms with Crippen molar-refractivity contribution >= 4 is 45.5 Å². The van der Waals surface area contributed by atoms with E-state index in [0.29, 0.717) is 37.1 Å². The number of carboxylic acids is 1. The van der Waals surface area contributed by atoms with Crippen molar-refractivity contribution in [3.05, 3.63) is 12.7 Å². The van der Waals surface area contributed by atoms with E-state index in [4.69, 9.17) is 21.3 Å². The highest BCUT2D eigenvalue weighted by molar-refractivity contribution is 14.1. The number of nitrogens with zero attached hydrogens (tertiary/aromatic N) is 5. The molecule has 0 saturated carbocycles. The minimum absolute atomic E-state index is 0.219. The van der Waals surface area contributed by atoms with Crippen molar-refractivity contribution in [3.63, 3.8) is 0 Å². The number of rotatable bonds is 10. The number of aromatic nitrogens is 4. The third-order valence-corrected chi connectivity index (χ3v) is 5.63. The lowest BCUT2D eigenvalue weighted by Gasteiger charge is -2.26. The van der Waals surface area contributed by atoms with Gasteiger partial charge in [0.1, 0.15) is 36.2 Å². The van der Waals surface area contributed by atoms with Crippen LogP contribution < -0.4 is 11.5 Å². The second-order valence-electron chi connectivity index (χ2n) is 7.21. The highest BCUT2D eigenvalue weighted by atomic mass is 127. The number of hydrogen-bond acceptors (Lipinski definition) is 10. The summed E-state index contributed by atoms with van der Waals surface area (Å²) in [6.45, 7) is 1.72. The van der Waals surface area contributed by atoms with Crippen LogP contribution in [0.5, 0.6) is 0 Å². The summed E-state index contributed by atoms with van der Waals surface area (Å²) < 4.78 is 8.36. The van der Waals surface area contributed by atoms with Crippen LogP contribution in [-0.2, 0) is 9.53 Å². The Bertz CT molecular complexity index is 868. The second-order valence-corrected chi connectivity index (χ2v) is 8.28. The molecular weight excluding hydrogens is 509 g/mol. The maximum absolute atomic E-state index is 10.9. The quantitative estimate of drug-likeness (QED) is 0.185. The molecule has 2 aromatic heterocycles. The Hall–Kier alpha value is -1.65. The van der Waals surface area contributed by atoms with Crippen molar-refractivity contribution < 1.29 is 24.9 Å². The third-order valence-electron chi connectivity index (χ3n) is 5.14. The Labute approximate surface area is 186 Å². The van der Waals surface area contributed by atoms with E-state index in [0.717, 1.165) is 11.0 Å². The predicted octanol–water partition coefficient (Wildman–Crippen LogP) is -1.04. The van der Waals surface area contributed by atoms with Gasteiger partial charge in [0, 0.05) is 17.5 Å². The molecule has 1 fully saturated rings. The number of anilines is 1. The molecule has 0 aliphatic carbocycles. The fourth-order valence-electron chi connectivity index (χ4n) is 3.49. The molecule has 0 aromatic carbocycles. The van der Waals surface area contributed by atoms with Gasteiger partial charge in [-0.15, -0.1) is 0 Å². The highest BCUT2D eigenvalue weighted by Gasteiger charge is 2.44.